The number of hydrogen-bond donors (Lipinski definition) is 3. The number of hydrogen-bond acceptors (Lipinski definition) is 5. The van der Waals surface area contributed by atoms with Gasteiger partial charge in [-0.2, -0.15) is 0 Å². The molecule has 1 aromatic heterocycles. The summed E-state index contributed by atoms with van der Waals surface area (Å²) < 4.78 is 16.4. The summed E-state index contributed by atoms with van der Waals surface area (Å²) in [7, 11) is 0. The summed E-state index contributed by atoms with van der Waals surface area (Å²) in [5, 5.41) is 26.9. The van der Waals surface area contributed by atoms with Gasteiger partial charge in [0.2, 0.25) is 5.91 Å². The van der Waals surface area contributed by atoms with Crippen LogP contribution in [-0.4, -0.2) is 43.6 Å². The fraction of sp³-hybridized carbons (Fsp3) is 0.342. The number of aliphatic carboxylic acids is 1. The van der Waals surface area contributed by atoms with Crippen molar-refractivity contribution in [3.05, 3.63) is 129 Å². The lowest BCUT2D eigenvalue weighted by Gasteiger charge is -2.56. The fourth-order valence-corrected chi connectivity index (χ4v) is 9.32. The van der Waals surface area contributed by atoms with Crippen molar-refractivity contribution < 1.29 is 24.2 Å². The van der Waals surface area contributed by atoms with Gasteiger partial charge in [0.25, 0.3) is 0 Å². The average Bonchev–Trinajstić information content (AvgIpc) is 3.50. The van der Waals surface area contributed by atoms with Crippen molar-refractivity contribution in [1.82, 2.24) is 9.88 Å². The Labute approximate surface area is 288 Å². The van der Waals surface area contributed by atoms with Gasteiger partial charge in [-0.15, -0.1) is 0 Å². The monoisotopic (exact) mass is 687 g/mol. The van der Waals surface area contributed by atoms with Gasteiger partial charge in [-0.25, -0.2) is 9.37 Å². The molecule has 2 fully saturated rings. The molecule has 3 aliphatic rings. The number of likely N-dealkylation sites (tertiary alicyclic amines) is 1. The highest BCUT2D eigenvalue weighted by molar-refractivity contribution is 6.31. The lowest BCUT2D eigenvalue weighted by molar-refractivity contribution is -0.150. The largest absolute Gasteiger partial charge is 0.480 e. The zero-order valence-electron chi connectivity index (χ0n) is 26.5. The van der Waals surface area contributed by atoms with Crippen molar-refractivity contribution in [1.29, 1.82) is 0 Å². The number of nitrogens with one attached hydrogen (secondary N) is 1. The van der Waals surface area contributed by atoms with E-state index in [-0.39, 0.29) is 11.0 Å². The predicted octanol–water partition coefficient (Wildman–Crippen LogP) is 8.08. The number of carbonyl (C=O) groups excluding carboxylic acids is 1. The lowest BCUT2D eigenvalue weighted by Crippen LogP contribution is -2.63. The molecule has 10 heteroatoms. The molecular weight excluding hydrogens is 652 g/mol. The SMILES string of the molecule is CC1(C)CCC2(CC1)N([C@H](c1ccccc1)[C@@H](O)c1ccccc1)[C@@H](C(=O)O)[C@H](c1ccnc(Cl)c1F)[C@]21C(=O)Nc2cc(Cl)ccc21. The first-order chi connectivity index (χ1) is 22.9. The molecule has 3 heterocycles. The maximum atomic E-state index is 16.4. The smallest absolute Gasteiger partial charge is 0.321 e. The van der Waals surface area contributed by atoms with Crippen molar-refractivity contribution in [3.8, 4) is 0 Å². The Morgan fingerprint density at radius 2 is 1.58 bits per heavy atom. The number of benzene rings is 3. The van der Waals surface area contributed by atoms with E-state index in [1.165, 1.54) is 12.3 Å². The molecule has 0 unspecified atom stereocenters. The molecule has 7 nitrogen and oxygen atoms in total. The zero-order valence-corrected chi connectivity index (χ0v) is 28.0. The summed E-state index contributed by atoms with van der Waals surface area (Å²) in [4.78, 5) is 34.9. The van der Waals surface area contributed by atoms with E-state index in [1.807, 2.05) is 53.4 Å². The number of anilines is 1. The molecule has 3 N–H and O–H groups in total. The van der Waals surface area contributed by atoms with E-state index < -0.39 is 57.9 Å². The molecule has 248 valence electrons. The average molecular weight is 689 g/mol. The van der Waals surface area contributed by atoms with Crippen LogP contribution in [-0.2, 0) is 15.0 Å². The fourth-order valence-electron chi connectivity index (χ4n) is 8.98. The zero-order chi connectivity index (χ0) is 34.0. The molecule has 1 saturated heterocycles. The minimum Gasteiger partial charge on any atom is -0.480 e. The van der Waals surface area contributed by atoms with Crippen LogP contribution >= 0.6 is 23.2 Å². The molecule has 1 amide bonds. The number of pyridine rings is 1. The van der Waals surface area contributed by atoms with E-state index in [0.29, 0.717) is 53.1 Å². The number of amides is 1. The molecule has 7 rings (SSSR count). The first-order valence-electron chi connectivity index (χ1n) is 16.1. The van der Waals surface area contributed by atoms with Gasteiger partial charge < -0.3 is 15.5 Å². The third kappa shape index (κ3) is 4.79. The van der Waals surface area contributed by atoms with Gasteiger partial charge in [-0.05, 0) is 71.6 Å². The summed E-state index contributed by atoms with van der Waals surface area (Å²) in [5.74, 6) is -3.83. The number of nitrogens with zero attached hydrogens (tertiary/aromatic N) is 2. The minimum atomic E-state index is -1.62. The van der Waals surface area contributed by atoms with Crippen LogP contribution in [0, 0.1) is 11.2 Å². The third-order valence-corrected chi connectivity index (χ3v) is 11.6. The number of rotatable bonds is 6. The first kappa shape index (κ1) is 32.7. The quantitative estimate of drug-likeness (QED) is 0.177. The van der Waals surface area contributed by atoms with Crippen molar-refractivity contribution >= 4 is 40.8 Å². The number of aliphatic hydroxyl groups is 1. The van der Waals surface area contributed by atoms with Crippen LogP contribution in [0.15, 0.2) is 91.1 Å². The van der Waals surface area contributed by atoms with Gasteiger partial charge in [0.1, 0.15) is 11.5 Å². The number of fused-ring (bicyclic) bond motifs is 3. The van der Waals surface area contributed by atoms with Crippen LogP contribution in [0.3, 0.4) is 0 Å². The van der Waals surface area contributed by atoms with Gasteiger partial charge in [-0.1, -0.05) is 104 Å². The highest BCUT2D eigenvalue weighted by Gasteiger charge is 2.77. The summed E-state index contributed by atoms with van der Waals surface area (Å²) in [6.45, 7) is 4.33. The Morgan fingerprint density at radius 3 is 2.21 bits per heavy atom. The number of carbonyl (C=O) groups is 2. The van der Waals surface area contributed by atoms with Crippen LogP contribution in [0.4, 0.5) is 10.1 Å². The Hall–Kier alpha value is -3.82. The van der Waals surface area contributed by atoms with Crippen molar-refractivity contribution in [2.45, 2.75) is 74.6 Å². The van der Waals surface area contributed by atoms with E-state index in [9.17, 15) is 15.0 Å². The number of carboxylic acids is 1. The Bertz CT molecular complexity index is 1880. The van der Waals surface area contributed by atoms with Gasteiger partial charge >= 0.3 is 5.97 Å². The van der Waals surface area contributed by atoms with E-state index >= 15 is 9.18 Å². The Kier molecular flexibility index (Phi) is 8.14. The maximum Gasteiger partial charge on any atom is 0.321 e. The molecule has 2 spiro atoms. The molecule has 0 radical (unpaired) electrons. The molecule has 3 aromatic carbocycles. The topological polar surface area (TPSA) is 103 Å². The molecule has 1 saturated carbocycles. The Morgan fingerprint density at radius 1 is 0.958 bits per heavy atom. The normalized spacial score (nSPS) is 25.5. The molecule has 48 heavy (non-hydrogen) atoms. The van der Waals surface area contributed by atoms with E-state index in [2.05, 4.69) is 24.1 Å². The second-order valence-corrected chi connectivity index (χ2v) is 14.8. The Balaban J connectivity index is 1.62. The van der Waals surface area contributed by atoms with E-state index in [4.69, 9.17) is 23.2 Å². The van der Waals surface area contributed by atoms with Crippen molar-refractivity contribution in [3.63, 3.8) is 0 Å². The highest BCUT2D eigenvalue weighted by atomic mass is 35.5. The molecule has 0 bridgehead atoms. The van der Waals surface area contributed by atoms with Crippen LogP contribution in [0.1, 0.15) is 79.8 Å². The molecular formula is C38H36Cl2FN3O4. The van der Waals surface area contributed by atoms with Crippen LogP contribution < -0.4 is 5.32 Å². The minimum absolute atomic E-state index is 0.0203. The summed E-state index contributed by atoms with van der Waals surface area (Å²) in [6, 6.07) is 22.5. The molecule has 5 atom stereocenters. The van der Waals surface area contributed by atoms with Gasteiger partial charge in [0.05, 0.1) is 12.1 Å². The number of halogens is 3. The van der Waals surface area contributed by atoms with E-state index in [0.717, 1.165) is 0 Å². The standard InChI is InChI=1S/C38H36Cl2FN3O4/c1-36(2)16-18-37(19-17-36)38(26-14-13-24(39)21-27(26)43-35(38)48)28(25-15-20-42-33(40)29(25)41)31(34(46)47)44(37)30(22-9-5-3-6-10-22)32(45)23-11-7-4-8-12-23/h3-15,20-21,28,30-32,45H,16-19H2,1-2H3,(H,43,48)(H,46,47)/t28-,30+,31+,32-,38+/m0/s1. The van der Waals surface area contributed by atoms with Gasteiger partial charge in [0, 0.05) is 28.4 Å². The van der Waals surface area contributed by atoms with Crippen molar-refractivity contribution in [2.24, 2.45) is 5.41 Å². The third-order valence-electron chi connectivity index (χ3n) is 11.1. The molecule has 1 aliphatic carbocycles. The first-order valence-corrected chi connectivity index (χ1v) is 16.9. The lowest BCUT2D eigenvalue weighted by atomic mass is 9.53. The van der Waals surface area contributed by atoms with Crippen LogP contribution in [0.2, 0.25) is 10.2 Å². The number of aliphatic hydroxyl groups excluding tert-OH is 1. The summed E-state index contributed by atoms with van der Waals surface area (Å²) >= 11 is 12.8. The number of aromatic nitrogens is 1. The number of carboxylic acid groups (broad SMARTS) is 1. The second-order valence-electron chi connectivity index (χ2n) is 14.0. The summed E-state index contributed by atoms with van der Waals surface area (Å²) in [6.07, 6.45) is 2.25. The highest BCUT2D eigenvalue weighted by Crippen LogP contribution is 2.69. The van der Waals surface area contributed by atoms with Crippen LogP contribution in [0.5, 0.6) is 0 Å². The van der Waals surface area contributed by atoms with Crippen LogP contribution in [0.25, 0.3) is 0 Å². The van der Waals surface area contributed by atoms with Crippen molar-refractivity contribution in [2.75, 3.05) is 5.32 Å². The van der Waals surface area contributed by atoms with Gasteiger partial charge in [-0.3, -0.25) is 14.5 Å². The maximum absolute atomic E-state index is 16.4. The van der Waals surface area contributed by atoms with E-state index in [1.54, 1.807) is 30.3 Å². The molecule has 4 aromatic rings. The molecule has 2 aliphatic heterocycles. The van der Waals surface area contributed by atoms with Gasteiger partial charge in [0.15, 0.2) is 11.0 Å². The summed E-state index contributed by atoms with van der Waals surface area (Å²) in [5.41, 5.74) is -0.717. The predicted molar refractivity (Wildman–Crippen MR) is 183 cm³/mol. The second kappa shape index (κ2) is 11.9.